The number of pyridine rings is 1. The van der Waals surface area contributed by atoms with E-state index in [0.29, 0.717) is 13.1 Å². The van der Waals surface area contributed by atoms with Crippen LogP contribution >= 0.6 is 0 Å². The maximum atomic E-state index is 12.6. The Balaban J connectivity index is 1.48. The lowest BCUT2D eigenvalue weighted by Gasteiger charge is -2.30. The molecule has 4 rings (SSSR count). The molecular weight excluding hydrogens is 314 g/mol. The first-order chi connectivity index (χ1) is 12.3. The topological polar surface area (TPSA) is 71.0 Å². The van der Waals surface area contributed by atoms with Gasteiger partial charge in [0.15, 0.2) is 0 Å². The molecule has 25 heavy (non-hydrogen) atoms. The van der Waals surface area contributed by atoms with Crippen LogP contribution in [-0.2, 0) is 13.0 Å². The van der Waals surface area contributed by atoms with Crippen molar-refractivity contribution in [3.05, 3.63) is 54.0 Å². The van der Waals surface area contributed by atoms with Gasteiger partial charge in [-0.25, -0.2) is 4.79 Å². The average Bonchev–Trinajstić information content (AvgIpc) is 2.68. The summed E-state index contributed by atoms with van der Waals surface area (Å²) in [6, 6.07) is 6.15. The Kier molecular flexibility index (Phi) is 4.41. The van der Waals surface area contributed by atoms with Crippen molar-refractivity contribution in [2.45, 2.75) is 38.3 Å². The second-order valence-electron chi connectivity index (χ2n) is 6.54. The SMILES string of the molecule is O=C(NC1CC=CCC1)N1CCc2nnc(-c3ccncc3)cc2C1. The lowest BCUT2D eigenvalue weighted by molar-refractivity contribution is 0.186. The zero-order chi connectivity index (χ0) is 17.1. The van der Waals surface area contributed by atoms with Crippen molar-refractivity contribution in [1.29, 1.82) is 0 Å². The molecule has 2 aromatic rings. The lowest BCUT2D eigenvalue weighted by Crippen LogP contribution is -2.47. The summed E-state index contributed by atoms with van der Waals surface area (Å²) in [6.07, 6.45) is 11.5. The van der Waals surface area contributed by atoms with Gasteiger partial charge >= 0.3 is 6.03 Å². The quantitative estimate of drug-likeness (QED) is 0.857. The van der Waals surface area contributed by atoms with E-state index < -0.39 is 0 Å². The Hall–Kier alpha value is -2.76. The van der Waals surface area contributed by atoms with Gasteiger partial charge in [-0.3, -0.25) is 4.98 Å². The largest absolute Gasteiger partial charge is 0.335 e. The second kappa shape index (κ2) is 7.01. The summed E-state index contributed by atoms with van der Waals surface area (Å²) < 4.78 is 0. The molecule has 1 atom stereocenters. The molecule has 1 aliphatic carbocycles. The van der Waals surface area contributed by atoms with Crippen LogP contribution in [0.2, 0.25) is 0 Å². The molecule has 0 aromatic carbocycles. The molecule has 1 unspecified atom stereocenters. The molecule has 6 nitrogen and oxygen atoms in total. The smallest absolute Gasteiger partial charge is 0.317 e. The third-order valence-corrected chi connectivity index (χ3v) is 4.80. The van der Waals surface area contributed by atoms with Gasteiger partial charge in [0.25, 0.3) is 0 Å². The number of carbonyl (C=O) groups excluding carboxylic acids is 1. The van der Waals surface area contributed by atoms with Crippen molar-refractivity contribution < 1.29 is 4.79 Å². The van der Waals surface area contributed by atoms with Gasteiger partial charge in [-0.05, 0) is 43.0 Å². The van der Waals surface area contributed by atoms with E-state index in [1.54, 1.807) is 12.4 Å². The van der Waals surface area contributed by atoms with Gasteiger partial charge in [0, 0.05) is 43.5 Å². The van der Waals surface area contributed by atoms with Gasteiger partial charge in [-0.2, -0.15) is 10.2 Å². The van der Waals surface area contributed by atoms with Gasteiger partial charge in [0.05, 0.1) is 11.4 Å². The van der Waals surface area contributed by atoms with Gasteiger partial charge in [-0.1, -0.05) is 12.2 Å². The molecule has 3 heterocycles. The third-order valence-electron chi connectivity index (χ3n) is 4.80. The second-order valence-corrected chi connectivity index (χ2v) is 6.54. The van der Waals surface area contributed by atoms with E-state index >= 15 is 0 Å². The number of urea groups is 1. The first-order valence-corrected chi connectivity index (χ1v) is 8.76. The highest BCUT2D eigenvalue weighted by molar-refractivity contribution is 5.75. The summed E-state index contributed by atoms with van der Waals surface area (Å²) in [5.41, 5.74) is 3.87. The van der Waals surface area contributed by atoms with Crippen LogP contribution in [0.4, 0.5) is 4.79 Å². The number of hydrogen-bond donors (Lipinski definition) is 1. The van der Waals surface area contributed by atoms with Crippen LogP contribution in [0.5, 0.6) is 0 Å². The Morgan fingerprint density at radius 1 is 1.20 bits per heavy atom. The van der Waals surface area contributed by atoms with Crippen molar-refractivity contribution in [1.82, 2.24) is 25.4 Å². The van der Waals surface area contributed by atoms with Crippen LogP contribution in [0.25, 0.3) is 11.3 Å². The summed E-state index contributed by atoms with van der Waals surface area (Å²) in [7, 11) is 0. The minimum Gasteiger partial charge on any atom is -0.335 e. The Bertz CT molecular complexity index is 790. The summed E-state index contributed by atoms with van der Waals surface area (Å²) in [5.74, 6) is 0. The number of nitrogens with one attached hydrogen (secondary N) is 1. The van der Waals surface area contributed by atoms with Crippen molar-refractivity contribution >= 4 is 6.03 Å². The predicted molar refractivity (Wildman–Crippen MR) is 94.7 cm³/mol. The standard InChI is InChI=1S/C19H21N5O/c25-19(21-16-4-2-1-3-5-16)24-11-8-17-15(13-24)12-18(23-22-17)14-6-9-20-10-7-14/h1-2,6-7,9-10,12,16H,3-5,8,11,13H2,(H,21,25). The number of hydrogen-bond acceptors (Lipinski definition) is 4. The monoisotopic (exact) mass is 335 g/mol. The number of nitrogens with zero attached hydrogens (tertiary/aromatic N) is 4. The molecular formula is C19H21N5O. The molecule has 1 N–H and O–H groups in total. The number of rotatable bonds is 2. The third kappa shape index (κ3) is 3.52. The van der Waals surface area contributed by atoms with E-state index in [4.69, 9.17) is 0 Å². The Morgan fingerprint density at radius 2 is 2.08 bits per heavy atom. The minimum absolute atomic E-state index is 0.0215. The normalized spacial score (nSPS) is 19.4. The molecule has 0 fully saturated rings. The maximum Gasteiger partial charge on any atom is 0.317 e. The maximum absolute atomic E-state index is 12.6. The zero-order valence-electron chi connectivity index (χ0n) is 14.1. The van der Waals surface area contributed by atoms with E-state index in [9.17, 15) is 4.79 Å². The van der Waals surface area contributed by atoms with E-state index in [1.165, 1.54) is 0 Å². The Labute approximate surface area is 147 Å². The summed E-state index contributed by atoms with van der Waals surface area (Å²) in [5, 5.41) is 11.8. The van der Waals surface area contributed by atoms with E-state index in [2.05, 4.69) is 32.7 Å². The number of fused-ring (bicyclic) bond motifs is 1. The van der Waals surface area contributed by atoms with Crippen LogP contribution in [0.15, 0.2) is 42.7 Å². The van der Waals surface area contributed by atoms with E-state index in [1.807, 2.05) is 23.1 Å². The van der Waals surface area contributed by atoms with Crippen molar-refractivity contribution in [3.8, 4) is 11.3 Å². The molecule has 0 saturated heterocycles. The molecule has 0 bridgehead atoms. The van der Waals surface area contributed by atoms with Gasteiger partial charge < -0.3 is 10.2 Å². The fourth-order valence-corrected chi connectivity index (χ4v) is 3.36. The lowest BCUT2D eigenvalue weighted by atomic mass is 10.0. The summed E-state index contributed by atoms with van der Waals surface area (Å²) in [6.45, 7) is 1.27. The molecule has 6 heteroatoms. The fourth-order valence-electron chi connectivity index (χ4n) is 3.36. The number of carbonyl (C=O) groups is 1. The minimum atomic E-state index is 0.0215. The zero-order valence-corrected chi connectivity index (χ0v) is 14.1. The highest BCUT2D eigenvalue weighted by Crippen LogP contribution is 2.22. The van der Waals surface area contributed by atoms with Crippen LogP contribution in [0, 0.1) is 0 Å². The molecule has 0 spiro atoms. The summed E-state index contributed by atoms with van der Waals surface area (Å²) in [4.78, 5) is 18.5. The Morgan fingerprint density at radius 3 is 2.88 bits per heavy atom. The fraction of sp³-hybridized carbons (Fsp3) is 0.368. The number of allylic oxidation sites excluding steroid dienone is 1. The van der Waals surface area contributed by atoms with Crippen molar-refractivity contribution in [2.75, 3.05) is 6.54 Å². The van der Waals surface area contributed by atoms with Crippen molar-refractivity contribution in [3.63, 3.8) is 0 Å². The molecule has 1 aliphatic heterocycles. The first-order valence-electron chi connectivity index (χ1n) is 8.76. The molecule has 0 saturated carbocycles. The first kappa shape index (κ1) is 15.7. The average molecular weight is 335 g/mol. The molecule has 2 aliphatic rings. The predicted octanol–water partition coefficient (Wildman–Crippen LogP) is 2.72. The molecule has 2 aromatic heterocycles. The van der Waals surface area contributed by atoms with Crippen LogP contribution in [0.1, 0.15) is 30.5 Å². The van der Waals surface area contributed by atoms with Crippen LogP contribution in [0.3, 0.4) is 0 Å². The van der Waals surface area contributed by atoms with Gasteiger partial charge in [0.1, 0.15) is 0 Å². The number of aromatic nitrogens is 3. The van der Waals surface area contributed by atoms with Crippen molar-refractivity contribution in [2.24, 2.45) is 0 Å². The van der Waals surface area contributed by atoms with Crippen LogP contribution < -0.4 is 5.32 Å². The van der Waals surface area contributed by atoms with E-state index in [0.717, 1.165) is 48.2 Å². The molecule has 2 amide bonds. The highest BCUT2D eigenvalue weighted by atomic mass is 16.2. The van der Waals surface area contributed by atoms with Gasteiger partial charge in [-0.15, -0.1) is 0 Å². The molecule has 128 valence electrons. The highest BCUT2D eigenvalue weighted by Gasteiger charge is 2.24. The van der Waals surface area contributed by atoms with Crippen LogP contribution in [-0.4, -0.2) is 38.7 Å². The van der Waals surface area contributed by atoms with Gasteiger partial charge in [0.2, 0.25) is 0 Å². The van der Waals surface area contributed by atoms with E-state index in [-0.39, 0.29) is 12.1 Å². The summed E-state index contributed by atoms with van der Waals surface area (Å²) >= 11 is 0. The molecule has 0 radical (unpaired) electrons. The number of amides is 2.